The van der Waals surface area contributed by atoms with Crippen molar-refractivity contribution in [2.24, 2.45) is 0 Å². The van der Waals surface area contributed by atoms with E-state index in [2.05, 4.69) is 15.5 Å². The van der Waals surface area contributed by atoms with Gasteiger partial charge >= 0.3 is 12.1 Å². The SMILES string of the molecule is CC(C)(C)OC(=O)NCCC(=O)OCc1noc(-c2ccc(F)cc2)n1. The number of hydrogen-bond donors (Lipinski definition) is 1. The standard InChI is InChI=1S/C17H20FN3O5/c1-17(2,3)25-16(23)19-9-8-14(22)24-10-13-20-15(26-21-13)11-4-6-12(18)7-5-11/h4-7H,8-10H2,1-3H3,(H,19,23). The van der Waals surface area contributed by atoms with Gasteiger partial charge in [0, 0.05) is 12.1 Å². The monoisotopic (exact) mass is 365 g/mol. The van der Waals surface area contributed by atoms with Crippen LogP contribution in [0.3, 0.4) is 0 Å². The molecule has 140 valence electrons. The number of nitrogens with one attached hydrogen (secondary N) is 1. The van der Waals surface area contributed by atoms with Crippen molar-refractivity contribution in [3.63, 3.8) is 0 Å². The van der Waals surface area contributed by atoms with Crippen LogP contribution in [0.2, 0.25) is 0 Å². The first kappa shape index (κ1) is 19.4. The second-order valence-electron chi connectivity index (χ2n) is 6.36. The maximum absolute atomic E-state index is 12.9. The number of amides is 1. The number of benzene rings is 1. The molecule has 26 heavy (non-hydrogen) atoms. The van der Waals surface area contributed by atoms with Gasteiger partial charge in [-0.1, -0.05) is 5.16 Å². The Morgan fingerprint density at radius 2 is 1.92 bits per heavy atom. The summed E-state index contributed by atoms with van der Waals surface area (Å²) in [5.41, 5.74) is -0.0520. The van der Waals surface area contributed by atoms with Crippen molar-refractivity contribution in [1.29, 1.82) is 0 Å². The second kappa shape index (κ2) is 8.41. The van der Waals surface area contributed by atoms with Crippen LogP contribution in [0.25, 0.3) is 11.5 Å². The van der Waals surface area contributed by atoms with E-state index in [-0.39, 0.29) is 37.1 Å². The third-order valence-corrected chi connectivity index (χ3v) is 2.92. The number of carbonyl (C=O) groups is 2. The zero-order valence-corrected chi connectivity index (χ0v) is 14.7. The largest absolute Gasteiger partial charge is 0.457 e. The Labute approximate surface area is 149 Å². The summed E-state index contributed by atoms with van der Waals surface area (Å²) >= 11 is 0. The van der Waals surface area contributed by atoms with Crippen molar-refractivity contribution < 1.29 is 28.0 Å². The number of rotatable bonds is 6. The molecule has 0 aliphatic heterocycles. The van der Waals surface area contributed by atoms with E-state index in [0.29, 0.717) is 5.56 Å². The molecule has 1 heterocycles. The number of halogens is 1. The molecule has 9 heteroatoms. The van der Waals surface area contributed by atoms with Gasteiger partial charge in [-0.2, -0.15) is 4.98 Å². The third kappa shape index (κ3) is 6.50. The predicted molar refractivity (Wildman–Crippen MR) is 88.3 cm³/mol. The number of aromatic nitrogens is 2. The van der Waals surface area contributed by atoms with E-state index in [1.807, 2.05) is 0 Å². The number of ether oxygens (including phenoxy) is 2. The predicted octanol–water partition coefficient (Wildman–Crippen LogP) is 2.83. The van der Waals surface area contributed by atoms with Crippen LogP contribution in [0.5, 0.6) is 0 Å². The Bertz CT molecular complexity index is 753. The highest BCUT2D eigenvalue weighted by Crippen LogP contribution is 2.17. The summed E-state index contributed by atoms with van der Waals surface area (Å²) in [5.74, 6) is -0.531. The minimum atomic E-state index is -0.606. The highest BCUT2D eigenvalue weighted by Gasteiger charge is 2.16. The molecular weight excluding hydrogens is 345 g/mol. The van der Waals surface area contributed by atoms with Crippen LogP contribution in [0.4, 0.5) is 9.18 Å². The zero-order valence-electron chi connectivity index (χ0n) is 14.7. The maximum Gasteiger partial charge on any atom is 0.407 e. The van der Waals surface area contributed by atoms with E-state index < -0.39 is 17.7 Å². The van der Waals surface area contributed by atoms with Crippen molar-refractivity contribution in [2.45, 2.75) is 39.4 Å². The fraction of sp³-hybridized carbons (Fsp3) is 0.412. The Kier molecular flexibility index (Phi) is 6.26. The smallest absolute Gasteiger partial charge is 0.407 e. The Balaban J connectivity index is 1.73. The van der Waals surface area contributed by atoms with E-state index in [4.69, 9.17) is 14.0 Å². The molecule has 0 radical (unpaired) electrons. The molecule has 0 spiro atoms. The first-order chi connectivity index (χ1) is 12.2. The van der Waals surface area contributed by atoms with E-state index in [0.717, 1.165) is 0 Å². The summed E-state index contributed by atoms with van der Waals surface area (Å²) in [4.78, 5) is 27.2. The molecule has 0 fully saturated rings. The van der Waals surface area contributed by atoms with Crippen LogP contribution in [0.1, 0.15) is 33.0 Å². The summed E-state index contributed by atoms with van der Waals surface area (Å²) in [6, 6.07) is 5.55. The molecule has 0 aliphatic rings. The lowest BCUT2D eigenvalue weighted by molar-refractivity contribution is -0.145. The molecule has 8 nitrogen and oxygen atoms in total. The highest BCUT2D eigenvalue weighted by molar-refractivity contribution is 5.72. The Morgan fingerprint density at radius 3 is 2.58 bits per heavy atom. The lowest BCUT2D eigenvalue weighted by atomic mass is 10.2. The maximum atomic E-state index is 12.9. The van der Waals surface area contributed by atoms with Crippen LogP contribution in [-0.4, -0.2) is 34.3 Å². The van der Waals surface area contributed by atoms with Gasteiger partial charge in [-0.25, -0.2) is 9.18 Å². The van der Waals surface area contributed by atoms with E-state index >= 15 is 0 Å². The highest BCUT2D eigenvalue weighted by atomic mass is 19.1. The van der Waals surface area contributed by atoms with Gasteiger partial charge < -0.3 is 19.3 Å². The van der Waals surface area contributed by atoms with Gasteiger partial charge in [0.1, 0.15) is 11.4 Å². The topological polar surface area (TPSA) is 104 Å². The van der Waals surface area contributed by atoms with Gasteiger partial charge in [-0.05, 0) is 45.0 Å². The first-order valence-corrected chi connectivity index (χ1v) is 7.94. The average Bonchev–Trinajstić information content (AvgIpc) is 3.01. The summed E-state index contributed by atoms with van der Waals surface area (Å²) in [7, 11) is 0. The fourth-order valence-electron chi connectivity index (χ4n) is 1.82. The quantitative estimate of drug-likeness (QED) is 0.785. The molecular formula is C17H20FN3O5. The molecule has 2 rings (SSSR count). The lowest BCUT2D eigenvalue weighted by Gasteiger charge is -2.19. The summed E-state index contributed by atoms with van der Waals surface area (Å²) < 4.78 is 28.0. The van der Waals surface area contributed by atoms with Crippen molar-refractivity contribution in [3.8, 4) is 11.5 Å². The first-order valence-electron chi connectivity index (χ1n) is 7.94. The summed E-state index contributed by atoms with van der Waals surface area (Å²) in [5, 5.41) is 6.14. The number of alkyl carbamates (subject to hydrolysis) is 1. The van der Waals surface area contributed by atoms with Crippen LogP contribution in [0.15, 0.2) is 28.8 Å². The van der Waals surface area contributed by atoms with Crippen LogP contribution >= 0.6 is 0 Å². The molecule has 1 N–H and O–H groups in total. The minimum Gasteiger partial charge on any atom is -0.457 e. The number of carbonyl (C=O) groups excluding carboxylic acids is 2. The van der Waals surface area contributed by atoms with Crippen LogP contribution in [0, 0.1) is 5.82 Å². The molecule has 0 aliphatic carbocycles. The lowest BCUT2D eigenvalue weighted by Crippen LogP contribution is -2.33. The summed E-state index contributed by atoms with van der Waals surface area (Å²) in [6.07, 6.45) is -0.630. The van der Waals surface area contributed by atoms with Crippen molar-refractivity contribution in [2.75, 3.05) is 6.54 Å². The van der Waals surface area contributed by atoms with Gasteiger partial charge in [0.2, 0.25) is 5.82 Å². The van der Waals surface area contributed by atoms with Crippen LogP contribution < -0.4 is 5.32 Å². The van der Waals surface area contributed by atoms with E-state index in [1.54, 1.807) is 20.8 Å². The molecule has 0 unspecified atom stereocenters. The van der Waals surface area contributed by atoms with Crippen LogP contribution in [-0.2, 0) is 20.9 Å². The van der Waals surface area contributed by atoms with Gasteiger partial charge in [-0.3, -0.25) is 4.79 Å². The van der Waals surface area contributed by atoms with Gasteiger partial charge in [0.15, 0.2) is 6.61 Å². The van der Waals surface area contributed by atoms with E-state index in [9.17, 15) is 14.0 Å². The molecule has 0 saturated heterocycles. The molecule has 1 amide bonds. The van der Waals surface area contributed by atoms with Crippen molar-refractivity contribution in [3.05, 3.63) is 35.9 Å². The van der Waals surface area contributed by atoms with Gasteiger partial charge in [0.05, 0.1) is 6.42 Å². The third-order valence-electron chi connectivity index (χ3n) is 2.92. The average molecular weight is 365 g/mol. The molecule has 1 aromatic carbocycles. The van der Waals surface area contributed by atoms with Gasteiger partial charge in [0.25, 0.3) is 5.89 Å². The Hall–Kier alpha value is -2.97. The van der Waals surface area contributed by atoms with E-state index in [1.165, 1.54) is 24.3 Å². The number of esters is 1. The fourth-order valence-corrected chi connectivity index (χ4v) is 1.82. The molecule has 0 saturated carbocycles. The minimum absolute atomic E-state index is 0.0259. The van der Waals surface area contributed by atoms with Crippen molar-refractivity contribution in [1.82, 2.24) is 15.5 Å². The normalized spacial score (nSPS) is 11.1. The number of nitrogens with zero attached hydrogens (tertiary/aromatic N) is 2. The second-order valence-corrected chi connectivity index (χ2v) is 6.36. The molecule has 1 aromatic heterocycles. The van der Waals surface area contributed by atoms with Gasteiger partial charge in [-0.15, -0.1) is 0 Å². The molecule has 0 atom stereocenters. The zero-order chi connectivity index (χ0) is 19.2. The number of hydrogen-bond acceptors (Lipinski definition) is 7. The molecule has 0 bridgehead atoms. The summed E-state index contributed by atoms with van der Waals surface area (Å²) in [6.45, 7) is 5.14. The molecule has 2 aromatic rings. The van der Waals surface area contributed by atoms with Crippen molar-refractivity contribution >= 4 is 12.1 Å². The Morgan fingerprint density at radius 1 is 1.23 bits per heavy atom.